The van der Waals surface area contributed by atoms with Crippen molar-refractivity contribution in [3.8, 4) is 11.4 Å². The number of likely N-dealkylation sites (tertiary alicyclic amines) is 1. The topological polar surface area (TPSA) is 73.1 Å². The van der Waals surface area contributed by atoms with Crippen molar-refractivity contribution in [3.63, 3.8) is 0 Å². The smallest absolute Gasteiger partial charge is 0.233 e. The van der Waals surface area contributed by atoms with Gasteiger partial charge in [-0.15, -0.1) is 5.10 Å². The van der Waals surface area contributed by atoms with E-state index in [1.165, 1.54) is 31.0 Å². The van der Waals surface area contributed by atoms with Gasteiger partial charge in [0.25, 0.3) is 0 Å². The molecule has 0 unspecified atom stereocenters. The third kappa shape index (κ3) is 4.55. The van der Waals surface area contributed by atoms with Crippen molar-refractivity contribution >= 4 is 17.7 Å². The van der Waals surface area contributed by atoms with Gasteiger partial charge in [0.2, 0.25) is 11.1 Å². The van der Waals surface area contributed by atoms with Crippen molar-refractivity contribution in [3.05, 3.63) is 23.8 Å². The van der Waals surface area contributed by atoms with E-state index in [2.05, 4.69) is 15.5 Å². The van der Waals surface area contributed by atoms with Gasteiger partial charge in [0.05, 0.1) is 12.9 Å². The molecule has 1 aliphatic heterocycles. The van der Waals surface area contributed by atoms with E-state index in [4.69, 9.17) is 4.74 Å². The molecule has 1 aromatic heterocycles. The zero-order chi connectivity index (χ0) is 18.4. The van der Waals surface area contributed by atoms with Gasteiger partial charge in [-0.25, -0.2) is 0 Å². The van der Waals surface area contributed by atoms with Crippen LogP contribution in [-0.2, 0) is 4.79 Å². The molecule has 0 radical (unpaired) electrons. The van der Waals surface area contributed by atoms with Crippen LogP contribution < -0.4 is 4.74 Å². The zero-order valence-corrected chi connectivity index (χ0v) is 16.2. The van der Waals surface area contributed by atoms with Crippen LogP contribution in [0.25, 0.3) is 5.69 Å². The SMILES string of the molecule is COc1ccc(C)cc1-n1nnnc1SCC(=O)N1CCCCCCC1. The predicted octanol–water partition coefficient (Wildman–Crippen LogP) is 2.86. The van der Waals surface area contributed by atoms with E-state index >= 15 is 0 Å². The highest BCUT2D eigenvalue weighted by atomic mass is 32.2. The summed E-state index contributed by atoms with van der Waals surface area (Å²) in [4.78, 5) is 14.6. The minimum atomic E-state index is 0.155. The lowest BCUT2D eigenvalue weighted by molar-refractivity contribution is -0.128. The molecule has 0 aliphatic carbocycles. The molecule has 1 saturated heterocycles. The van der Waals surface area contributed by atoms with Crippen molar-refractivity contribution in [2.24, 2.45) is 0 Å². The fraction of sp³-hybridized carbons (Fsp3) is 0.556. The van der Waals surface area contributed by atoms with Gasteiger partial charge in [-0.1, -0.05) is 37.1 Å². The number of benzene rings is 1. The number of aromatic nitrogens is 4. The molecule has 1 amide bonds. The molecule has 1 fully saturated rings. The highest BCUT2D eigenvalue weighted by molar-refractivity contribution is 7.99. The van der Waals surface area contributed by atoms with Crippen LogP contribution in [0.3, 0.4) is 0 Å². The van der Waals surface area contributed by atoms with E-state index < -0.39 is 0 Å². The number of carbonyl (C=O) groups is 1. The first-order valence-corrected chi connectivity index (χ1v) is 10.0. The number of thioether (sulfide) groups is 1. The van der Waals surface area contributed by atoms with Gasteiger partial charge in [0.15, 0.2) is 0 Å². The Kier molecular flexibility index (Phi) is 6.49. The van der Waals surface area contributed by atoms with Crippen molar-refractivity contribution in [2.75, 3.05) is 26.0 Å². The first-order valence-electron chi connectivity index (χ1n) is 9.03. The minimum Gasteiger partial charge on any atom is -0.494 e. The fourth-order valence-corrected chi connectivity index (χ4v) is 3.89. The van der Waals surface area contributed by atoms with Crippen molar-refractivity contribution in [2.45, 2.75) is 44.2 Å². The molecule has 2 aromatic rings. The Bertz CT molecular complexity index is 741. The summed E-state index contributed by atoms with van der Waals surface area (Å²) in [5, 5.41) is 12.5. The summed E-state index contributed by atoms with van der Waals surface area (Å²) in [6.45, 7) is 3.72. The first-order chi connectivity index (χ1) is 12.7. The third-order valence-electron chi connectivity index (χ3n) is 4.54. The van der Waals surface area contributed by atoms with Crippen LogP contribution in [0.4, 0.5) is 0 Å². The Morgan fingerprint density at radius 2 is 1.92 bits per heavy atom. The molecule has 1 aromatic carbocycles. The molecule has 0 N–H and O–H groups in total. The Labute approximate surface area is 158 Å². The lowest BCUT2D eigenvalue weighted by Crippen LogP contribution is -2.35. The van der Waals surface area contributed by atoms with Crippen LogP contribution in [-0.4, -0.2) is 57.0 Å². The summed E-state index contributed by atoms with van der Waals surface area (Å²) >= 11 is 1.37. The number of carbonyl (C=O) groups excluding carboxylic acids is 1. The van der Waals surface area contributed by atoms with E-state index in [0.29, 0.717) is 16.7 Å². The number of hydrogen-bond acceptors (Lipinski definition) is 6. The number of hydrogen-bond donors (Lipinski definition) is 0. The molecular formula is C18H25N5O2S. The second-order valence-electron chi connectivity index (χ2n) is 6.49. The summed E-state index contributed by atoms with van der Waals surface area (Å²) < 4.78 is 7.06. The van der Waals surface area contributed by atoms with Crippen LogP contribution in [0, 0.1) is 6.92 Å². The Morgan fingerprint density at radius 3 is 2.65 bits per heavy atom. The van der Waals surface area contributed by atoms with Gasteiger partial charge in [-0.3, -0.25) is 4.79 Å². The maximum absolute atomic E-state index is 12.6. The molecule has 0 spiro atoms. The normalized spacial score (nSPS) is 15.4. The first kappa shape index (κ1) is 18.7. The monoisotopic (exact) mass is 375 g/mol. The molecule has 7 nitrogen and oxygen atoms in total. The van der Waals surface area contributed by atoms with Crippen LogP contribution in [0.1, 0.15) is 37.7 Å². The molecule has 0 saturated carbocycles. The standard InChI is InChI=1S/C18H25N5O2S/c1-14-8-9-16(25-2)15(12-14)23-18(19-20-21-23)26-13-17(24)22-10-6-4-3-5-7-11-22/h8-9,12H,3-7,10-11,13H2,1-2H3. The van der Waals surface area contributed by atoms with Crippen LogP contribution >= 0.6 is 11.8 Å². The molecule has 3 rings (SSSR count). The quantitative estimate of drug-likeness (QED) is 0.748. The van der Waals surface area contributed by atoms with Crippen LogP contribution in [0.15, 0.2) is 23.4 Å². The highest BCUT2D eigenvalue weighted by Gasteiger charge is 2.18. The summed E-state index contributed by atoms with van der Waals surface area (Å²) in [5.74, 6) is 1.19. The molecule has 8 heteroatoms. The molecular weight excluding hydrogens is 350 g/mol. The Balaban J connectivity index is 1.69. The number of aryl methyl sites for hydroxylation is 1. The fourth-order valence-electron chi connectivity index (χ4n) is 3.10. The predicted molar refractivity (Wildman–Crippen MR) is 101 cm³/mol. The number of methoxy groups -OCH3 is 1. The maximum atomic E-state index is 12.6. The maximum Gasteiger partial charge on any atom is 0.233 e. The van der Waals surface area contributed by atoms with Gasteiger partial charge in [0.1, 0.15) is 11.4 Å². The largest absolute Gasteiger partial charge is 0.494 e. The number of ether oxygens (including phenoxy) is 1. The summed E-state index contributed by atoms with van der Waals surface area (Å²) in [6.07, 6.45) is 5.89. The summed E-state index contributed by atoms with van der Waals surface area (Å²) in [6, 6.07) is 5.84. The Hall–Kier alpha value is -2.09. The second-order valence-corrected chi connectivity index (χ2v) is 7.43. The highest BCUT2D eigenvalue weighted by Crippen LogP contribution is 2.27. The van der Waals surface area contributed by atoms with Gasteiger partial charge in [0, 0.05) is 13.1 Å². The van der Waals surface area contributed by atoms with E-state index in [9.17, 15) is 4.79 Å². The molecule has 2 heterocycles. The third-order valence-corrected chi connectivity index (χ3v) is 5.44. The molecule has 26 heavy (non-hydrogen) atoms. The molecule has 0 atom stereocenters. The Morgan fingerprint density at radius 1 is 1.19 bits per heavy atom. The van der Waals surface area contributed by atoms with Gasteiger partial charge in [-0.05, 0) is 47.9 Å². The van der Waals surface area contributed by atoms with E-state index in [1.54, 1.807) is 11.8 Å². The van der Waals surface area contributed by atoms with E-state index in [-0.39, 0.29) is 5.91 Å². The average molecular weight is 375 g/mol. The number of tetrazole rings is 1. The lowest BCUT2D eigenvalue weighted by atomic mass is 10.1. The molecule has 0 bridgehead atoms. The van der Waals surface area contributed by atoms with Crippen molar-refractivity contribution in [1.29, 1.82) is 0 Å². The van der Waals surface area contributed by atoms with Gasteiger partial charge < -0.3 is 9.64 Å². The number of nitrogens with zero attached hydrogens (tertiary/aromatic N) is 5. The van der Waals surface area contributed by atoms with E-state index in [1.807, 2.05) is 30.0 Å². The molecule has 140 valence electrons. The van der Waals surface area contributed by atoms with Crippen LogP contribution in [0.2, 0.25) is 0 Å². The summed E-state index contributed by atoms with van der Waals surface area (Å²) in [5.41, 5.74) is 1.86. The molecule has 1 aliphatic rings. The van der Waals surface area contributed by atoms with Gasteiger partial charge >= 0.3 is 0 Å². The number of rotatable bonds is 5. The lowest BCUT2D eigenvalue weighted by Gasteiger charge is -2.24. The van der Waals surface area contributed by atoms with Crippen LogP contribution in [0.5, 0.6) is 5.75 Å². The van der Waals surface area contributed by atoms with Gasteiger partial charge in [-0.2, -0.15) is 4.68 Å². The van der Waals surface area contributed by atoms with Crippen molar-refractivity contribution < 1.29 is 9.53 Å². The zero-order valence-electron chi connectivity index (χ0n) is 15.3. The minimum absolute atomic E-state index is 0.155. The van der Waals surface area contributed by atoms with Crippen molar-refractivity contribution in [1.82, 2.24) is 25.1 Å². The van der Waals surface area contributed by atoms with E-state index in [0.717, 1.165) is 37.2 Å². The average Bonchev–Trinajstić information content (AvgIpc) is 3.07. The second kappa shape index (κ2) is 9.02. The number of amides is 1. The summed E-state index contributed by atoms with van der Waals surface area (Å²) in [7, 11) is 1.62.